The van der Waals surface area contributed by atoms with Crippen LogP contribution in [-0.2, 0) is 4.79 Å². The molecule has 0 spiro atoms. The Hall–Kier alpha value is -2.87. The van der Waals surface area contributed by atoms with Crippen molar-refractivity contribution < 1.29 is 9.53 Å². The van der Waals surface area contributed by atoms with E-state index in [2.05, 4.69) is 37.2 Å². The van der Waals surface area contributed by atoms with Crippen LogP contribution >= 0.6 is 11.3 Å². The Morgan fingerprint density at radius 2 is 2.03 bits per heavy atom. The van der Waals surface area contributed by atoms with Crippen molar-refractivity contribution in [1.29, 1.82) is 0 Å². The fourth-order valence-electron chi connectivity index (χ4n) is 4.80. The van der Waals surface area contributed by atoms with Crippen LogP contribution in [0.3, 0.4) is 0 Å². The van der Waals surface area contributed by atoms with E-state index in [4.69, 9.17) is 4.74 Å². The van der Waals surface area contributed by atoms with Crippen molar-refractivity contribution in [3.8, 4) is 5.75 Å². The summed E-state index contributed by atoms with van der Waals surface area (Å²) in [6.45, 7) is 2.61. The molecule has 0 radical (unpaired) electrons. The zero-order chi connectivity index (χ0) is 21.2. The van der Waals surface area contributed by atoms with Crippen LogP contribution in [0.1, 0.15) is 25.7 Å². The molecule has 7 nitrogen and oxygen atoms in total. The van der Waals surface area contributed by atoms with Crippen molar-refractivity contribution in [2.45, 2.75) is 37.8 Å². The second-order valence-corrected chi connectivity index (χ2v) is 9.05. The number of piperidine rings is 1. The predicted molar refractivity (Wildman–Crippen MR) is 124 cm³/mol. The SMILES string of the molecule is COc1ccccc1N1CCCC(NC(=O)C2CCCN2c2ncnc3sccc23)C1. The van der Waals surface area contributed by atoms with Crippen molar-refractivity contribution in [3.05, 3.63) is 42.0 Å². The lowest BCUT2D eigenvalue weighted by molar-refractivity contribution is -0.123. The highest BCUT2D eigenvalue weighted by atomic mass is 32.1. The van der Waals surface area contributed by atoms with E-state index in [0.29, 0.717) is 0 Å². The number of methoxy groups -OCH3 is 1. The van der Waals surface area contributed by atoms with E-state index in [-0.39, 0.29) is 18.0 Å². The quantitative estimate of drug-likeness (QED) is 0.659. The number of aromatic nitrogens is 2. The van der Waals surface area contributed by atoms with Gasteiger partial charge in [0, 0.05) is 25.7 Å². The second kappa shape index (κ2) is 8.70. The van der Waals surface area contributed by atoms with Gasteiger partial charge < -0.3 is 19.9 Å². The average Bonchev–Trinajstić information content (AvgIpc) is 3.49. The summed E-state index contributed by atoms with van der Waals surface area (Å²) < 4.78 is 5.54. The first-order chi connectivity index (χ1) is 15.2. The molecule has 162 valence electrons. The molecule has 2 atom stereocenters. The summed E-state index contributed by atoms with van der Waals surface area (Å²) in [5, 5.41) is 6.40. The number of carbonyl (C=O) groups excluding carboxylic acids is 1. The molecule has 5 rings (SSSR count). The summed E-state index contributed by atoms with van der Waals surface area (Å²) >= 11 is 1.61. The summed E-state index contributed by atoms with van der Waals surface area (Å²) in [5.74, 6) is 1.86. The van der Waals surface area contributed by atoms with Gasteiger partial charge in [-0.1, -0.05) is 12.1 Å². The highest BCUT2D eigenvalue weighted by Crippen LogP contribution is 2.33. The van der Waals surface area contributed by atoms with Crippen LogP contribution < -0.4 is 19.9 Å². The maximum Gasteiger partial charge on any atom is 0.243 e. The molecule has 1 N–H and O–H groups in total. The Kier molecular flexibility index (Phi) is 5.63. The number of carbonyl (C=O) groups is 1. The first-order valence-electron chi connectivity index (χ1n) is 10.9. The lowest BCUT2D eigenvalue weighted by atomic mass is 10.0. The predicted octanol–water partition coefficient (Wildman–Crippen LogP) is 3.45. The number of anilines is 2. The maximum absolute atomic E-state index is 13.3. The van der Waals surface area contributed by atoms with Crippen LogP contribution in [0.4, 0.5) is 11.5 Å². The van der Waals surface area contributed by atoms with Gasteiger partial charge >= 0.3 is 0 Å². The normalized spacial score (nSPS) is 21.5. The molecule has 0 bridgehead atoms. The van der Waals surface area contributed by atoms with E-state index in [9.17, 15) is 4.79 Å². The molecule has 4 heterocycles. The minimum atomic E-state index is -0.181. The number of para-hydroxylation sites is 2. The van der Waals surface area contributed by atoms with Crippen LogP contribution in [0.25, 0.3) is 10.2 Å². The van der Waals surface area contributed by atoms with Crippen molar-refractivity contribution in [1.82, 2.24) is 15.3 Å². The van der Waals surface area contributed by atoms with Gasteiger partial charge in [0.25, 0.3) is 0 Å². The Bertz CT molecular complexity index is 1070. The zero-order valence-electron chi connectivity index (χ0n) is 17.7. The van der Waals surface area contributed by atoms with Gasteiger partial charge in [0.15, 0.2) is 0 Å². The smallest absolute Gasteiger partial charge is 0.243 e. The Morgan fingerprint density at radius 3 is 2.94 bits per heavy atom. The minimum Gasteiger partial charge on any atom is -0.495 e. The van der Waals surface area contributed by atoms with E-state index in [1.54, 1.807) is 24.8 Å². The van der Waals surface area contributed by atoms with Crippen molar-refractivity contribution in [3.63, 3.8) is 0 Å². The molecule has 8 heteroatoms. The molecule has 2 aromatic heterocycles. The highest BCUT2D eigenvalue weighted by molar-refractivity contribution is 7.16. The Morgan fingerprint density at radius 1 is 1.16 bits per heavy atom. The van der Waals surface area contributed by atoms with Crippen molar-refractivity contribution in [2.75, 3.05) is 36.5 Å². The first kappa shape index (κ1) is 20.1. The summed E-state index contributed by atoms with van der Waals surface area (Å²) in [6, 6.07) is 10.1. The third-order valence-corrected chi connectivity index (χ3v) is 7.08. The number of ether oxygens (including phenoxy) is 1. The summed E-state index contributed by atoms with van der Waals surface area (Å²) in [5.41, 5.74) is 1.09. The fourth-order valence-corrected chi connectivity index (χ4v) is 5.53. The second-order valence-electron chi connectivity index (χ2n) is 8.15. The topological polar surface area (TPSA) is 70.6 Å². The molecular formula is C23H27N5O2S. The van der Waals surface area contributed by atoms with Gasteiger partial charge in [-0.2, -0.15) is 0 Å². The number of rotatable bonds is 5. The molecule has 2 fully saturated rings. The molecule has 2 unspecified atom stereocenters. The van der Waals surface area contributed by atoms with Gasteiger partial charge in [-0.3, -0.25) is 4.79 Å². The van der Waals surface area contributed by atoms with Crippen LogP contribution in [0.2, 0.25) is 0 Å². The molecule has 2 saturated heterocycles. The lowest BCUT2D eigenvalue weighted by Gasteiger charge is -2.36. The van der Waals surface area contributed by atoms with E-state index in [1.807, 2.05) is 23.6 Å². The molecule has 3 aromatic rings. The van der Waals surface area contributed by atoms with E-state index < -0.39 is 0 Å². The number of benzene rings is 1. The largest absolute Gasteiger partial charge is 0.495 e. The van der Waals surface area contributed by atoms with Gasteiger partial charge in [0.05, 0.1) is 18.2 Å². The van der Waals surface area contributed by atoms with Crippen LogP contribution in [0, 0.1) is 0 Å². The van der Waals surface area contributed by atoms with Crippen molar-refractivity contribution in [2.24, 2.45) is 0 Å². The van der Waals surface area contributed by atoms with Gasteiger partial charge in [-0.25, -0.2) is 9.97 Å². The Labute approximate surface area is 186 Å². The molecule has 31 heavy (non-hydrogen) atoms. The molecular weight excluding hydrogens is 410 g/mol. The number of nitrogens with one attached hydrogen (secondary N) is 1. The number of amides is 1. The minimum absolute atomic E-state index is 0.103. The average molecular weight is 438 g/mol. The van der Waals surface area contributed by atoms with Crippen LogP contribution in [-0.4, -0.2) is 54.7 Å². The number of nitrogens with zero attached hydrogens (tertiary/aromatic N) is 4. The van der Waals surface area contributed by atoms with E-state index in [1.165, 1.54) is 0 Å². The number of fused-ring (bicyclic) bond motifs is 1. The van der Waals surface area contributed by atoms with Crippen molar-refractivity contribution >= 4 is 39.0 Å². The zero-order valence-corrected chi connectivity index (χ0v) is 18.5. The Balaban J connectivity index is 1.30. The maximum atomic E-state index is 13.3. The summed E-state index contributed by atoms with van der Waals surface area (Å²) in [4.78, 5) is 27.6. The summed E-state index contributed by atoms with van der Waals surface area (Å²) in [6.07, 6.45) is 5.48. The summed E-state index contributed by atoms with van der Waals surface area (Å²) in [7, 11) is 1.70. The van der Waals surface area contributed by atoms with Gasteiger partial charge in [0.1, 0.15) is 28.8 Å². The monoisotopic (exact) mass is 437 g/mol. The first-order valence-corrected chi connectivity index (χ1v) is 11.8. The van der Waals surface area contributed by atoms with Crippen LogP contribution in [0.5, 0.6) is 5.75 Å². The molecule has 1 aromatic carbocycles. The number of thiophene rings is 1. The lowest BCUT2D eigenvalue weighted by Crippen LogP contribution is -2.52. The van der Waals surface area contributed by atoms with Gasteiger partial charge in [-0.15, -0.1) is 11.3 Å². The third-order valence-electron chi connectivity index (χ3n) is 6.26. The van der Waals surface area contributed by atoms with E-state index >= 15 is 0 Å². The molecule has 1 amide bonds. The molecule has 0 saturated carbocycles. The molecule has 2 aliphatic rings. The number of hydrogen-bond donors (Lipinski definition) is 1. The molecule has 0 aliphatic carbocycles. The standard InChI is InChI=1S/C23H27N5O2S/c1-30-20-9-3-2-7-18(20)27-11-4-6-16(14-27)26-22(29)19-8-5-12-28(19)21-17-10-13-31-23(17)25-15-24-21/h2-3,7,9-10,13,15-16,19H,4-6,8,11-12,14H2,1H3,(H,26,29). The van der Waals surface area contributed by atoms with E-state index in [0.717, 1.165) is 72.8 Å². The third kappa shape index (κ3) is 3.92. The van der Waals surface area contributed by atoms with Crippen LogP contribution in [0.15, 0.2) is 42.0 Å². The fraction of sp³-hybridized carbons (Fsp3) is 0.435. The molecule has 2 aliphatic heterocycles. The van der Waals surface area contributed by atoms with Gasteiger partial charge in [0.2, 0.25) is 5.91 Å². The highest BCUT2D eigenvalue weighted by Gasteiger charge is 2.34. The van der Waals surface area contributed by atoms with Gasteiger partial charge in [-0.05, 0) is 49.3 Å². The number of hydrogen-bond acceptors (Lipinski definition) is 7.